The number of hydrogen-bond acceptors (Lipinski definition) is 5. The standard InChI is InChI=1S/C26H20F2N4O2/c27-18-8-6-17(7-9-18)24-20(13-32(31-24)22-10-11-33-14-21(22)28)25-19-12-23(16-4-2-1-3-5-16)34-26(19)30-15-29-25/h1-9,12-13,15,21-22H,10-11,14H2/t21-,22-/m1/s1. The molecule has 1 saturated heterocycles. The second-order valence-corrected chi connectivity index (χ2v) is 8.24. The molecular formula is C26H20F2N4O2. The monoisotopic (exact) mass is 458 g/mol. The van der Waals surface area contributed by atoms with Crippen molar-refractivity contribution in [3.63, 3.8) is 0 Å². The van der Waals surface area contributed by atoms with E-state index in [1.807, 2.05) is 36.4 Å². The Kier molecular flexibility index (Phi) is 5.15. The molecule has 2 aromatic carbocycles. The van der Waals surface area contributed by atoms with E-state index in [4.69, 9.17) is 14.3 Å². The minimum Gasteiger partial charge on any atom is -0.438 e. The molecule has 0 unspecified atom stereocenters. The van der Waals surface area contributed by atoms with Crippen molar-refractivity contribution < 1.29 is 17.9 Å². The smallest absolute Gasteiger partial charge is 0.230 e. The summed E-state index contributed by atoms with van der Waals surface area (Å²) < 4.78 is 41.2. The van der Waals surface area contributed by atoms with Crippen LogP contribution in [0.5, 0.6) is 0 Å². The minimum absolute atomic E-state index is 0.0334. The summed E-state index contributed by atoms with van der Waals surface area (Å²) in [5.74, 6) is 0.325. The first-order valence-electron chi connectivity index (χ1n) is 11.0. The molecule has 0 N–H and O–H groups in total. The van der Waals surface area contributed by atoms with Crippen molar-refractivity contribution in [1.82, 2.24) is 19.7 Å². The van der Waals surface area contributed by atoms with Gasteiger partial charge < -0.3 is 9.15 Å². The Balaban J connectivity index is 1.53. The van der Waals surface area contributed by atoms with Crippen LogP contribution in [0.2, 0.25) is 0 Å². The highest BCUT2D eigenvalue weighted by Gasteiger charge is 2.30. The van der Waals surface area contributed by atoms with E-state index in [9.17, 15) is 8.78 Å². The molecule has 0 bridgehead atoms. The Morgan fingerprint density at radius 2 is 1.76 bits per heavy atom. The van der Waals surface area contributed by atoms with Crippen molar-refractivity contribution >= 4 is 11.1 Å². The van der Waals surface area contributed by atoms with Gasteiger partial charge >= 0.3 is 0 Å². The molecule has 6 nitrogen and oxygen atoms in total. The Morgan fingerprint density at radius 1 is 0.941 bits per heavy atom. The highest BCUT2D eigenvalue weighted by atomic mass is 19.1. The number of benzene rings is 2. The maximum Gasteiger partial charge on any atom is 0.230 e. The minimum atomic E-state index is -1.17. The fourth-order valence-corrected chi connectivity index (χ4v) is 4.36. The highest BCUT2D eigenvalue weighted by Crippen LogP contribution is 2.38. The first-order valence-corrected chi connectivity index (χ1v) is 11.0. The zero-order chi connectivity index (χ0) is 23.1. The van der Waals surface area contributed by atoms with E-state index in [-0.39, 0.29) is 12.4 Å². The van der Waals surface area contributed by atoms with Crippen LogP contribution in [0.3, 0.4) is 0 Å². The van der Waals surface area contributed by atoms with Gasteiger partial charge in [0.05, 0.1) is 23.7 Å². The van der Waals surface area contributed by atoms with Crippen LogP contribution in [0.15, 0.2) is 77.6 Å². The van der Waals surface area contributed by atoms with Gasteiger partial charge in [-0.2, -0.15) is 5.10 Å². The van der Waals surface area contributed by atoms with Crippen molar-refractivity contribution in [2.24, 2.45) is 0 Å². The molecule has 1 aliphatic heterocycles. The Labute approximate surface area is 193 Å². The molecule has 170 valence electrons. The van der Waals surface area contributed by atoms with Gasteiger partial charge in [-0.1, -0.05) is 30.3 Å². The van der Waals surface area contributed by atoms with Gasteiger partial charge in [0.1, 0.15) is 29.8 Å². The number of furan rings is 1. The zero-order valence-corrected chi connectivity index (χ0v) is 18.1. The molecule has 0 aliphatic carbocycles. The molecule has 4 heterocycles. The lowest BCUT2D eigenvalue weighted by Crippen LogP contribution is -2.31. The van der Waals surface area contributed by atoms with Crippen LogP contribution in [0, 0.1) is 5.82 Å². The maximum atomic E-state index is 14.7. The molecule has 34 heavy (non-hydrogen) atoms. The van der Waals surface area contributed by atoms with Crippen molar-refractivity contribution in [2.45, 2.75) is 18.6 Å². The number of ether oxygens (including phenoxy) is 1. The Hall–Kier alpha value is -3.91. The van der Waals surface area contributed by atoms with Gasteiger partial charge in [-0.3, -0.25) is 4.68 Å². The molecule has 0 spiro atoms. The van der Waals surface area contributed by atoms with Gasteiger partial charge in [0, 0.05) is 29.5 Å². The normalized spacial score (nSPS) is 18.4. The first kappa shape index (κ1) is 20.7. The second-order valence-electron chi connectivity index (χ2n) is 8.24. The maximum absolute atomic E-state index is 14.7. The SMILES string of the molecule is Fc1ccc(-c2nn([C@@H]3CCOC[C@H]3F)cc2-c2ncnc3oc(-c4ccccc4)cc23)cc1. The van der Waals surface area contributed by atoms with E-state index >= 15 is 0 Å². The van der Waals surface area contributed by atoms with Crippen LogP contribution in [-0.4, -0.2) is 39.1 Å². The summed E-state index contributed by atoms with van der Waals surface area (Å²) in [7, 11) is 0. The number of fused-ring (bicyclic) bond motifs is 1. The predicted molar refractivity (Wildman–Crippen MR) is 123 cm³/mol. The molecule has 0 saturated carbocycles. The van der Waals surface area contributed by atoms with Gasteiger partial charge in [0.15, 0.2) is 0 Å². The van der Waals surface area contributed by atoms with Crippen LogP contribution >= 0.6 is 0 Å². The second kappa shape index (κ2) is 8.46. The summed E-state index contributed by atoms with van der Waals surface area (Å²) in [6.07, 6.45) is 2.58. The van der Waals surface area contributed by atoms with E-state index < -0.39 is 12.2 Å². The number of nitrogens with zero attached hydrogens (tertiary/aromatic N) is 4. The van der Waals surface area contributed by atoms with Crippen LogP contribution < -0.4 is 0 Å². The fourth-order valence-electron chi connectivity index (χ4n) is 4.36. The molecule has 1 aliphatic rings. The molecule has 5 aromatic rings. The molecule has 1 fully saturated rings. The van der Waals surface area contributed by atoms with Crippen LogP contribution in [0.25, 0.3) is 44.9 Å². The average Bonchev–Trinajstić information content (AvgIpc) is 3.50. The summed E-state index contributed by atoms with van der Waals surface area (Å²) in [5, 5.41) is 5.46. The van der Waals surface area contributed by atoms with Crippen molar-refractivity contribution in [3.05, 3.63) is 79.0 Å². The predicted octanol–water partition coefficient (Wildman–Crippen LogP) is 5.86. The molecule has 2 atom stereocenters. The van der Waals surface area contributed by atoms with Gasteiger partial charge in [-0.05, 0) is 36.8 Å². The van der Waals surface area contributed by atoms with E-state index in [0.717, 1.165) is 5.56 Å². The lowest BCUT2D eigenvalue weighted by molar-refractivity contribution is -0.0000570. The zero-order valence-electron chi connectivity index (χ0n) is 18.1. The quantitative estimate of drug-likeness (QED) is 0.338. The van der Waals surface area contributed by atoms with Crippen LogP contribution in [0.4, 0.5) is 8.78 Å². The summed E-state index contributed by atoms with van der Waals surface area (Å²) in [6.45, 7) is 0.498. The van der Waals surface area contributed by atoms with E-state index in [1.54, 1.807) is 23.0 Å². The molecule has 0 radical (unpaired) electrons. The van der Waals surface area contributed by atoms with Gasteiger partial charge in [-0.15, -0.1) is 0 Å². The topological polar surface area (TPSA) is 66.0 Å². The van der Waals surface area contributed by atoms with E-state index in [0.29, 0.717) is 52.4 Å². The summed E-state index contributed by atoms with van der Waals surface area (Å²) in [5.41, 5.74) is 3.96. The number of hydrogen-bond donors (Lipinski definition) is 0. The largest absolute Gasteiger partial charge is 0.438 e. The third-order valence-corrected chi connectivity index (χ3v) is 6.08. The van der Waals surface area contributed by atoms with Gasteiger partial charge in [0.25, 0.3) is 0 Å². The first-order chi connectivity index (χ1) is 16.7. The van der Waals surface area contributed by atoms with E-state index in [1.165, 1.54) is 18.5 Å². The third-order valence-electron chi connectivity index (χ3n) is 6.08. The Bertz CT molecular complexity index is 1450. The highest BCUT2D eigenvalue weighted by molar-refractivity contribution is 5.95. The van der Waals surface area contributed by atoms with Crippen molar-refractivity contribution in [2.75, 3.05) is 13.2 Å². The molecular weight excluding hydrogens is 438 g/mol. The molecule has 8 heteroatoms. The van der Waals surface area contributed by atoms with Crippen molar-refractivity contribution in [1.29, 1.82) is 0 Å². The van der Waals surface area contributed by atoms with Crippen LogP contribution in [-0.2, 0) is 4.74 Å². The molecule has 3 aromatic heterocycles. The summed E-state index contributed by atoms with van der Waals surface area (Å²) in [6, 6.07) is 17.3. The Morgan fingerprint density at radius 3 is 2.56 bits per heavy atom. The summed E-state index contributed by atoms with van der Waals surface area (Å²) in [4.78, 5) is 8.85. The lowest BCUT2D eigenvalue weighted by Gasteiger charge is -2.26. The molecule has 6 rings (SSSR count). The average molecular weight is 458 g/mol. The number of aromatic nitrogens is 4. The van der Waals surface area contributed by atoms with Gasteiger partial charge in [-0.25, -0.2) is 18.7 Å². The summed E-state index contributed by atoms with van der Waals surface area (Å²) >= 11 is 0. The van der Waals surface area contributed by atoms with Crippen LogP contribution in [0.1, 0.15) is 12.5 Å². The number of halogens is 2. The van der Waals surface area contributed by atoms with E-state index in [2.05, 4.69) is 9.97 Å². The lowest BCUT2D eigenvalue weighted by atomic mass is 10.0. The number of alkyl halides is 1. The number of rotatable bonds is 4. The molecule has 0 amide bonds. The van der Waals surface area contributed by atoms with Crippen molar-refractivity contribution in [3.8, 4) is 33.8 Å². The fraction of sp³-hybridized carbons (Fsp3) is 0.192. The van der Waals surface area contributed by atoms with Gasteiger partial charge in [0.2, 0.25) is 5.71 Å². The third kappa shape index (κ3) is 3.66.